The Kier molecular flexibility index (Phi) is 8.94. The van der Waals surface area contributed by atoms with Gasteiger partial charge in [0, 0.05) is 35.2 Å². The van der Waals surface area contributed by atoms with Crippen LogP contribution in [0, 0.1) is 12.8 Å². The van der Waals surface area contributed by atoms with E-state index in [0.717, 1.165) is 10.6 Å². The van der Waals surface area contributed by atoms with Crippen LogP contribution in [0.15, 0.2) is 27.6 Å². The lowest BCUT2D eigenvalue weighted by atomic mass is 10.1. The summed E-state index contributed by atoms with van der Waals surface area (Å²) in [5.74, 6) is 1.25. The highest BCUT2D eigenvalue weighted by Crippen LogP contribution is 2.58. The van der Waals surface area contributed by atoms with Crippen LogP contribution < -0.4 is 5.73 Å². The van der Waals surface area contributed by atoms with Crippen molar-refractivity contribution in [1.29, 1.82) is 0 Å². The zero-order valence-corrected chi connectivity index (χ0v) is 20.7. The van der Waals surface area contributed by atoms with Crippen LogP contribution in [0.1, 0.15) is 45.0 Å². The number of nitrogens with zero attached hydrogens (tertiary/aromatic N) is 3. The molecule has 0 spiro atoms. The summed E-state index contributed by atoms with van der Waals surface area (Å²) >= 11 is 1.28. The molecule has 0 amide bonds. The van der Waals surface area contributed by atoms with Gasteiger partial charge in [0.15, 0.2) is 0 Å². The molecular weight excluding hydrogens is 482 g/mol. The minimum atomic E-state index is -5.19. The molecule has 2 rings (SSSR count). The van der Waals surface area contributed by atoms with E-state index in [1.54, 1.807) is 13.1 Å². The number of aromatic nitrogens is 2. The molecule has 1 atom stereocenters. The van der Waals surface area contributed by atoms with Crippen LogP contribution in [-0.2, 0) is 24.5 Å². The van der Waals surface area contributed by atoms with Gasteiger partial charge >= 0.3 is 15.6 Å². The highest BCUT2D eigenvalue weighted by atomic mass is 32.2. The van der Waals surface area contributed by atoms with Gasteiger partial charge in [-0.2, -0.15) is 4.31 Å². The second-order valence-corrected chi connectivity index (χ2v) is 11.4. The van der Waals surface area contributed by atoms with E-state index in [2.05, 4.69) is 18.8 Å². The van der Waals surface area contributed by atoms with Crippen molar-refractivity contribution in [2.75, 3.05) is 12.3 Å². The maximum absolute atomic E-state index is 11.7. The Hall–Kier alpha value is -1.43. The van der Waals surface area contributed by atoms with Gasteiger partial charge in [-0.15, -0.1) is 0 Å². The standard InChI is InChI=1S/C17H28N4O8P2S/c1-10(2)7-14(22)17-21(9-13-8-19-12(4)20-16(13)18)11(3)15(32-17)5-6-28-31(26,27)29-30(23,24)25/h8,10,22H,5-7,9H2,1-4H3,(H,26,27)(H2,18,19,20)(H2,23,24,25)/b17-14+. The first kappa shape index (κ1) is 26.8. The summed E-state index contributed by atoms with van der Waals surface area (Å²) in [7, 11) is -10.1. The molecule has 15 heteroatoms. The van der Waals surface area contributed by atoms with Crippen molar-refractivity contribution in [1.82, 2.24) is 14.9 Å². The molecule has 1 aliphatic rings. The van der Waals surface area contributed by atoms with Crippen molar-refractivity contribution < 1.29 is 37.8 Å². The van der Waals surface area contributed by atoms with E-state index >= 15 is 0 Å². The monoisotopic (exact) mass is 510 g/mol. The average molecular weight is 510 g/mol. The van der Waals surface area contributed by atoms with Gasteiger partial charge in [0.25, 0.3) is 0 Å². The van der Waals surface area contributed by atoms with Gasteiger partial charge in [-0.05, 0) is 19.8 Å². The van der Waals surface area contributed by atoms with Gasteiger partial charge in [-0.1, -0.05) is 25.6 Å². The molecule has 1 aromatic heterocycles. The molecule has 0 bridgehead atoms. The fourth-order valence-electron chi connectivity index (χ4n) is 2.88. The third kappa shape index (κ3) is 7.86. The van der Waals surface area contributed by atoms with Gasteiger partial charge in [0.1, 0.15) is 22.4 Å². The van der Waals surface area contributed by atoms with E-state index in [0.29, 0.717) is 35.2 Å². The Labute approximate surface area is 190 Å². The Morgan fingerprint density at radius 1 is 1.28 bits per heavy atom. The van der Waals surface area contributed by atoms with E-state index in [1.165, 1.54) is 11.8 Å². The summed E-state index contributed by atoms with van der Waals surface area (Å²) in [6, 6.07) is 0. The predicted molar refractivity (Wildman–Crippen MR) is 120 cm³/mol. The molecular formula is C17H28N4O8P2S. The van der Waals surface area contributed by atoms with Crippen molar-refractivity contribution >= 4 is 33.2 Å². The Bertz CT molecular complexity index is 1010. The number of phosphoric ester groups is 1. The number of nitrogen functional groups attached to an aromatic ring is 1. The maximum atomic E-state index is 11.7. The van der Waals surface area contributed by atoms with Gasteiger partial charge in [0.05, 0.1) is 13.2 Å². The van der Waals surface area contributed by atoms with Crippen LogP contribution in [0.2, 0.25) is 0 Å². The van der Waals surface area contributed by atoms with Gasteiger partial charge in [0.2, 0.25) is 0 Å². The number of aryl methyl sites for hydroxylation is 1. The fraction of sp³-hybridized carbons (Fsp3) is 0.529. The van der Waals surface area contributed by atoms with Gasteiger partial charge in [-0.25, -0.2) is 19.1 Å². The van der Waals surface area contributed by atoms with Crippen molar-refractivity contribution in [2.45, 2.75) is 47.1 Å². The van der Waals surface area contributed by atoms with Gasteiger partial charge in [-0.3, -0.25) is 4.52 Å². The van der Waals surface area contributed by atoms with E-state index in [4.69, 9.17) is 15.5 Å². The molecule has 2 heterocycles. The number of aliphatic hydroxyl groups is 1. The molecule has 1 unspecified atom stereocenters. The number of aliphatic hydroxyl groups excluding tert-OH is 1. The normalized spacial score (nSPS) is 18.4. The number of allylic oxidation sites excluding steroid dienone is 2. The smallest absolute Gasteiger partial charge is 0.481 e. The van der Waals surface area contributed by atoms with Crippen LogP contribution in [0.3, 0.4) is 0 Å². The summed E-state index contributed by atoms with van der Waals surface area (Å²) in [4.78, 5) is 37.7. The summed E-state index contributed by atoms with van der Waals surface area (Å²) < 4.78 is 30.9. The third-order valence-electron chi connectivity index (χ3n) is 4.26. The second-order valence-electron chi connectivity index (χ2n) is 7.50. The topological polar surface area (TPSA) is 189 Å². The van der Waals surface area contributed by atoms with Crippen molar-refractivity contribution in [3.63, 3.8) is 0 Å². The molecule has 180 valence electrons. The minimum absolute atomic E-state index is 0.139. The minimum Gasteiger partial charge on any atom is -0.510 e. The van der Waals surface area contributed by atoms with E-state index in [-0.39, 0.29) is 24.7 Å². The lowest BCUT2D eigenvalue weighted by Gasteiger charge is -2.23. The Morgan fingerprint density at radius 2 is 1.94 bits per heavy atom. The van der Waals surface area contributed by atoms with E-state index in [9.17, 15) is 19.1 Å². The average Bonchev–Trinajstić information content (AvgIpc) is 2.91. The molecule has 12 nitrogen and oxygen atoms in total. The van der Waals surface area contributed by atoms with Crippen LogP contribution in [0.4, 0.5) is 5.82 Å². The largest absolute Gasteiger partial charge is 0.510 e. The van der Waals surface area contributed by atoms with Crippen LogP contribution in [0.5, 0.6) is 0 Å². The summed E-state index contributed by atoms with van der Waals surface area (Å²) in [6.45, 7) is 7.45. The van der Waals surface area contributed by atoms with Gasteiger partial charge < -0.3 is 30.4 Å². The summed E-state index contributed by atoms with van der Waals surface area (Å²) in [6.07, 6.45) is 2.20. The van der Waals surface area contributed by atoms with Crippen molar-refractivity contribution in [2.24, 2.45) is 5.92 Å². The molecule has 0 saturated carbocycles. The summed E-state index contributed by atoms with van der Waals surface area (Å²) in [5, 5.41) is 11.3. The van der Waals surface area contributed by atoms with Crippen molar-refractivity contribution in [3.05, 3.63) is 39.0 Å². The molecule has 0 aromatic carbocycles. The first-order chi connectivity index (χ1) is 14.7. The second kappa shape index (κ2) is 10.7. The van der Waals surface area contributed by atoms with E-state index < -0.39 is 15.6 Å². The number of nitrogens with two attached hydrogens (primary N) is 1. The van der Waals surface area contributed by atoms with Crippen LogP contribution in [-0.4, -0.2) is 41.3 Å². The molecule has 32 heavy (non-hydrogen) atoms. The Morgan fingerprint density at radius 3 is 2.50 bits per heavy atom. The first-order valence-electron chi connectivity index (χ1n) is 9.58. The Balaban J connectivity index is 2.23. The number of hydrogen-bond acceptors (Lipinski definition) is 10. The van der Waals surface area contributed by atoms with Crippen molar-refractivity contribution in [3.8, 4) is 0 Å². The highest BCUT2D eigenvalue weighted by molar-refractivity contribution is 8.07. The van der Waals surface area contributed by atoms with Crippen LogP contribution in [0.25, 0.3) is 0 Å². The molecule has 0 radical (unpaired) electrons. The first-order valence-corrected chi connectivity index (χ1v) is 13.4. The number of rotatable bonds is 10. The number of thioether (sulfide) groups is 1. The van der Waals surface area contributed by atoms with E-state index in [1.807, 2.05) is 25.7 Å². The fourth-order valence-corrected chi connectivity index (χ4v) is 5.65. The number of anilines is 1. The quantitative estimate of drug-likeness (QED) is 0.227. The van der Waals surface area contributed by atoms with Crippen LogP contribution >= 0.6 is 27.4 Å². The molecule has 6 N–H and O–H groups in total. The number of hydrogen-bond donors (Lipinski definition) is 5. The zero-order valence-electron chi connectivity index (χ0n) is 18.1. The lowest BCUT2D eigenvalue weighted by Crippen LogP contribution is -2.19. The zero-order chi connectivity index (χ0) is 24.3. The SMILES string of the molecule is CC1=C(CCOP(=O)(O)OP(=O)(O)O)S/C(=C(/O)CC(C)C)N1Cc1cnc(C)nc1N. The summed E-state index contributed by atoms with van der Waals surface area (Å²) in [5.41, 5.74) is 7.45. The number of phosphoric acid groups is 2. The molecule has 0 saturated heterocycles. The lowest BCUT2D eigenvalue weighted by molar-refractivity contribution is 0.180. The maximum Gasteiger partial charge on any atom is 0.481 e. The molecule has 0 fully saturated rings. The molecule has 1 aromatic rings. The highest BCUT2D eigenvalue weighted by Gasteiger charge is 2.33. The predicted octanol–water partition coefficient (Wildman–Crippen LogP) is 3.54. The third-order valence-corrected chi connectivity index (χ3v) is 7.84. The molecule has 0 aliphatic carbocycles. The molecule has 1 aliphatic heterocycles.